The first-order chi connectivity index (χ1) is 9.86. The van der Waals surface area contributed by atoms with E-state index in [0.29, 0.717) is 0 Å². The van der Waals surface area contributed by atoms with E-state index >= 15 is 0 Å². The number of nitriles is 1. The monoisotopic (exact) mass is 309 g/mol. The van der Waals surface area contributed by atoms with Gasteiger partial charge in [0.2, 0.25) is 10.0 Å². The largest absolute Gasteiger partial charge is 0.383 e. The number of sulfonamides is 1. The molecule has 0 unspecified atom stereocenters. The molecular weight excluding hydrogens is 297 g/mol. The summed E-state index contributed by atoms with van der Waals surface area (Å²) >= 11 is 0. The standard InChI is InChI=1S/C12H12FN5O2S/c1-18(21(19,20)11-6-16-17-12(11)15)7-9-4-8(5-14)2-3-10(9)13/h2-4,6H,7H2,1H3,(H3,15,16,17). The number of hydrogen-bond donors (Lipinski definition) is 2. The molecule has 1 aromatic carbocycles. The number of nitrogens with one attached hydrogen (secondary N) is 1. The van der Waals surface area contributed by atoms with Gasteiger partial charge in [0.1, 0.15) is 16.5 Å². The molecule has 1 aromatic heterocycles. The number of anilines is 1. The van der Waals surface area contributed by atoms with Crippen molar-refractivity contribution in [1.82, 2.24) is 14.5 Å². The van der Waals surface area contributed by atoms with Gasteiger partial charge in [-0.05, 0) is 18.2 Å². The minimum Gasteiger partial charge on any atom is -0.383 e. The fourth-order valence-corrected chi connectivity index (χ4v) is 2.90. The SMILES string of the molecule is CN(Cc1cc(C#N)ccc1F)S(=O)(=O)c1cn[nH]c1N. The molecule has 0 saturated heterocycles. The molecule has 21 heavy (non-hydrogen) atoms. The van der Waals surface area contributed by atoms with Crippen LogP contribution >= 0.6 is 0 Å². The molecule has 9 heteroatoms. The van der Waals surface area contributed by atoms with Gasteiger partial charge in [-0.15, -0.1) is 0 Å². The molecule has 2 rings (SSSR count). The lowest BCUT2D eigenvalue weighted by Crippen LogP contribution is -2.27. The summed E-state index contributed by atoms with van der Waals surface area (Å²) in [7, 11) is -2.60. The lowest BCUT2D eigenvalue weighted by Gasteiger charge is -2.17. The Morgan fingerprint density at radius 1 is 1.52 bits per heavy atom. The van der Waals surface area contributed by atoms with Crippen LogP contribution in [-0.2, 0) is 16.6 Å². The van der Waals surface area contributed by atoms with Crippen LogP contribution in [0, 0.1) is 17.1 Å². The van der Waals surface area contributed by atoms with Crippen LogP contribution in [0.15, 0.2) is 29.3 Å². The van der Waals surface area contributed by atoms with Gasteiger partial charge in [-0.1, -0.05) is 0 Å². The summed E-state index contributed by atoms with van der Waals surface area (Å²) < 4.78 is 39.2. The van der Waals surface area contributed by atoms with Crippen LogP contribution in [0.1, 0.15) is 11.1 Å². The highest BCUT2D eigenvalue weighted by atomic mass is 32.2. The van der Waals surface area contributed by atoms with Crippen molar-refractivity contribution in [3.05, 3.63) is 41.3 Å². The average molecular weight is 309 g/mol. The Morgan fingerprint density at radius 3 is 2.81 bits per heavy atom. The molecular formula is C12H12FN5O2S. The molecule has 0 aliphatic rings. The summed E-state index contributed by atoms with van der Waals surface area (Å²) in [5.41, 5.74) is 5.84. The van der Waals surface area contributed by atoms with Gasteiger partial charge < -0.3 is 5.73 Å². The molecule has 7 nitrogen and oxygen atoms in total. The zero-order valence-electron chi connectivity index (χ0n) is 11.0. The first kappa shape index (κ1) is 15.0. The number of benzene rings is 1. The second-order valence-electron chi connectivity index (χ2n) is 4.33. The summed E-state index contributed by atoms with van der Waals surface area (Å²) in [6, 6.07) is 5.63. The Bertz CT molecular complexity index is 809. The quantitative estimate of drug-likeness (QED) is 0.867. The highest BCUT2D eigenvalue weighted by Gasteiger charge is 2.25. The van der Waals surface area contributed by atoms with Crippen molar-refractivity contribution in [3.8, 4) is 6.07 Å². The van der Waals surface area contributed by atoms with Gasteiger partial charge in [-0.25, -0.2) is 12.8 Å². The fourth-order valence-electron chi connectivity index (χ4n) is 1.75. The van der Waals surface area contributed by atoms with Gasteiger partial charge in [0, 0.05) is 19.2 Å². The van der Waals surface area contributed by atoms with Crippen LogP contribution in [-0.4, -0.2) is 30.0 Å². The third-order valence-corrected chi connectivity index (χ3v) is 4.72. The maximum absolute atomic E-state index is 13.7. The van der Waals surface area contributed by atoms with Crippen LogP contribution in [0.5, 0.6) is 0 Å². The van der Waals surface area contributed by atoms with Crippen LogP contribution in [0.25, 0.3) is 0 Å². The summed E-state index contributed by atoms with van der Waals surface area (Å²) in [4.78, 5) is -0.179. The molecule has 0 bridgehead atoms. The van der Waals surface area contributed by atoms with Crippen molar-refractivity contribution >= 4 is 15.8 Å². The number of aromatic amines is 1. The van der Waals surface area contributed by atoms with E-state index in [2.05, 4.69) is 10.2 Å². The number of nitrogens with two attached hydrogens (primary N) is 1. The zero-order valence-corrected chi connectivity index (χ0v) is 11.9. The molecule has 0 atom stereocenters. The molecule has 0 spiro atoms. The van der Waals surface area contributed by atoms with Gasteiger partial charge >= 0.3 is 0 Å². The third kappa shape index (κ3) is 2.86. The normalized spacial score (nSPS) is 11.5. The minimum absolute atomic E-state index is 0.0897. The number of rotatable bonds is 4. The van der Waals surface area contributed by atoms with Gasteiger partial charge in [0.25, 0.3) is 0 Å². The molecule has 0 fully saturated rings. The van der Waals surface area contributed by atoms with Crippen molar-refractivity contribution in [2.24, 2.45) is 0 Å². The molecule has 1 heterocycles. The summed E-state index contributed by atoms with van der Waals surface area (Å²) in [6.07, 6.45) is 1.09. The van der Waals surface area contributed by atoms with Crippen LogP contribution < -0.4 is 5.73 Å². The van der Waals surface area contributed by atoms with Crippen molar-refractivity contribution in [2.75, 3.05) is 12.8 Å². The Morgan fingerprint density at radius 2 is 2.24 bits per heavy atom. The summed E-state index contributed by atoms with van der Waals surface area (Å²) in [6.45, 7) is -0.228. The van der Waals surface area contributed by atoms with Crippen LogP contribution in [0.3, 0.4) is 0 Å². The maximum atomic E-state index is 13.7. The lowest BCUT2D eigenvalue weighted by molar-refractivity contribution is 0.456. The molecule has 0 aliphatic carbocycles. The van der Waals surface area contributed by atoms with Crippen molar-refractivity contribution in [3.63, 3.8) is 0 Å². The molecule has 0 amide bonds. The second kappa shape index (κ2) is 5.51. The number of H-pyrrole nitrogens is 1. The van der Waals surface area contributed by atoms with E-state index < -0.39 is 15.8 Å². The number of nitrogen functional groups attached to an aromatic ring is 1. The average Bonchev–Trinajstić information content (AvgIpc) is 2.88. The van der Waals surface area contributed by atoms with Gasteiger partial charge in [0.15, 0.2) is 0 Å². The van der Waals surface area contributed by atoms with Crippen molar-refractivity contribution < 1.29 is 12.8 Å². The molecule has 0 radical (unpaired) electrons. The van der Waals surface area contributed by atoms with E-state index in [1.807, 2.05) is 6.07 Å². The Kier molecular flexibility index (Phi) is 3.93. The van der Waals surface area contributed by atoms with E-state index in [9.17, 15) is 12.8 Å². The Hall–Kier alpha value is -2.44. The predicted molar refractivity (Wildman–Crippen MR) is 72.8 cm³/mol. The van der Waals surface area contributed by atoms with Gasteiger partial charge in [0.05, 0.1) is 17.8 Å². The topological polar surface area (TPSA) is 116 Å². The van der Waals surface area contributed by atoms with Gasteiger partial charge in [-0.3, -0.25) is 5.10 Å². The van der Waals surface area contributed by atoms with Gasteiger partial charge in [-0.2, -0.15) is 14.7 Å². The lowest BCUT2D eigenvalue weighted by atomic mass is 10.1. The van der Waals surface area contributed by atoms with E-state index in [1.54, 1.807) is 0 Å². The first-order valence-corrected chi connectivity index (χ1v) is 7.24. The first-order valence-electron chi connectivity index (χ1n) is 5.80. The number of hydrogen-bond acceptors (Lipinski definition) is 5. The number of nitrogens with zero attached hydrogens (tertiary/aromatic N) is 3. The summed E-state index contributed by atoms with van der Waals surface area (Å²) in [5.74, 6) is -0.677. The molecule has 110 valence electrons. The Labute approximate surface area is 120 Å². The van der Waals surface area contributed by atoms with E-state index in [-0.39, 0.29) is 28.4 Å². The van der Waals surface area contributed by atoms with Crippen molar-refractivity contribution in [1.29, 1.82) is 5.26 Å². The highest BCUT2D eigenvalue weighted by Crippen LogP contribution is 2.21. The zero-order chi connectivity index (χ0) is 15.6. The number of aromatic nitrogens is 2. The highest BCUT2D eigenvalue weighted by molar-refractivity contribution is 7.89. The van der Waals surface area contributed by atoms with Crippen LogP contribution in [0.2, 0.25) is 0 Å². The smallest absolute Gasteiger partial charge is 0.248 e. The van der Waals surface area contributed by atoms with E-state index in [1.165, 1.54) is 19.2 Å². The predicted octanol–water partition coefficient (Wildman–Crippen LogP) is 0.823. The minimum atomic E-state index is -3.90. The van der Waals surface area contributed by atoms with E-state index in [4.69, 9.17) is 11.0 Å². The molecule has 0 aliphatic heterocycles. The molecule has 3 N–H and O–H groups in total. The van der Waals surface area contributed by atoms with Crippen LogP contribution in [0.4, 0.5) is 10.2 Å². The fraction of sp³-hybridized carbons (Fsp3) is 0.167. The maximum Gasteiger partial charge on any atom is 0.248 e. The molecule has 0 saturated carbocycles. The Balaban J connectivity index is 2.32. The second-order valence-corrected chi connectivity index (χ2v) is 6.34. The van der Waals surface area contributed by atoms with Crippen molar-refractivity contribution in [2.45, 2.75) is 11.4 Å². The third-order valence-electron chi connectivity index (χ3n) is 2.89. The number of halogens is 1. The molecule has 2 aromatic rings. The summed E-state index contributed by atoms with van der Waals surface area (Å²) in [5, 5.41) is 14.7. The van der Waals surface area contributed by atoms with E-state index in [0.717, 1.165) is 16.6 Å².